The van der Waals surface area contributed by atoms with Crippen molar-refractivity contribution in [3.8, 4) is 5.88 Å². The first-order valence-corrected chi connectivity index (χ1v) is 8.92. The highest BCUT2D eigenvalue weighted by Crippen LogP contribution is 2.29. The normalized spacial score (nSPS) is 11.8. The summed E-state index contributed by atoms with van der Waals surface area (Å²) in [7, 11) is 0. The minimum absolute atomic E-state index is 0.00457. The van der Waals surface area contributed by atoms with Gasteiger partial charge in [-0.2, -0.15) is 13.2 Å². The zero-order valence-electron chi connectivity index (χ0n) is 15.6. The van der Waals surface area contributed by atoms with E-state index in [0.717, 1.165) is 12.1 Å². The third-order valence-electron chi connectivity index (χ3n) is 3.45. The number of aryl methyl sites for hydroxylation is 1. The highest BCUT2D eigenvalue weighted by atomic mass is 32.1. The number of nitrogens with one attached hydrogen (secondary N) is 2. The lowest BCUT2D eigenvalue weighted by Crippen LogP contribution is -2.49. The number of hydrogen-bond acceptors (Lipinski definition) is 6. The number of Topliss-reactive ketones (excluding diaryl/α,β-unsaturated/α-hetero) is 1. The van der Waals surface area contributed by atoms with Gasteiger partial charge in [-0.1, -0.05) is 0 Å². The maximum atomic E-state index is 12.5. The number of nitrogens with zero attached hydrogens (tertiary/aromatic N) is 2. The molecule has 28 heavy (non-hydrogen) atoms. The Hall–Kier alpha value is -2.69. The fourth-order valence-corrected chi connectivity index (χ4v) is 2.99. The van der Waals surface area contributed by atoms with E-state index < -0.39 is 23.3 Å². The van der Waals surface area contributed by atoms with Gasteiger partial charge in [0.2, 0.25) is 5.88 Å². The van der Waals surface area contributed by atoms with Gasteiger partial charge in [-0.25, -0.2) is 14.8 Å². The summed E-state index contributed by atoms with van der Waals surface area (Å²) >= 11 is 1.17. The number of ether oxygens (including phenoxy) is 1. The Morgan fingerprint density at radius 3 is 2.43 bits per heavy atom. The fraction of sp³-hybridized carbons (Fsp3) is 0.412. The molecule has 0 unspecified atom stereocenters. The van der Waals surface area contributed by atoms with Gasteiger partial charge in [0.05, 0.1) is 11.1 Å². The topological polar surface area (TPSA) is 93.2 Å². The van der Waals surface area contributed by atoms with Gasteiger partial charge < -0.3 is 10.1 Å². The minimum Gasteiger partial charge on any atom is -0.475 e. The first kappa shape index (κ1) is 21.6. The minimum atomic E-state index is -4.47. The summed E-state index contributed by atoms with van der Waals surface area (Å²) in [6.07, 6.45) is -3.79. The SMILES string of the molecule is CC(=O)c1nc(NC(=O)NC(C)(C)COc2ccc(C(F)(F)F)cn2)sc1C. The molecule has 0 bridgehead atoms. The number of alkyl halides is 3. The van der Waals surface area contributed by atoms with Crippen LogP contribution in [-0.2, 0) is 6.18 Å². The monoisotopic (exact) mass is 416 g/mol. The van der Waals surface area contributed by atoms with E-state index in [1.807, 2.05) is 0 Å². The lowest BCUT2D eigenvalue weighted by Gasteiger charge is -2.25. The third-order valence-corrected chi connectivity index (χ3v) is 4.33. The first-order valence-electron chi connectivity index (χ1n) is 8.11. The molecule has 0 saturated heterocycles. The van der Waals surface area contributed by atoms with Gasteiger partial charge in [-0.15, -0.1) is 11.3 Å². The summed E-state index contributed by atoms with van der Waals surface area (Å²) in [4.78, 5) is 31.9. The van der Waals surface area contributed by atoms with E-state index in [-0.39, 0.29) is 23.4 Å². The van der Waals surface area contributed by atoms with Crippen molar-refractivity contribution in [2.24, 2.45) is 0 Å². The molecule has 0 aliphatic carbocycles. The molecule has 2 aromatic rings. The molecule has 2 heterocycles. The van der Waals surface area contributed by atoms with Crippen LogP contribution in [0.25, 0.3) is 0 Å². The van der Waals surface area contributed by atoms with Crippen LogP contribution in [0.1, 0.15) is 41.7 Å². The second-order valence-electron chi connectivity index (χ2n) is 6.61. The number of aromatic nitrogens is 2. The summed E-state index contributed by atoms with van der Waals surface area (Å²) in [5, 5.41) is 5.49. The molecule has 0 spiro atoms. The lowest BCUT2D eigenvalue weighted by atomic mass is 10.1. The van der Waals surface area contributed by atoms with E-state index in [1.165, 1.54) is 18.3 Å². The van der Waals surface area contributed by atoms with Crippen LogP contribution in [0.3, 0.4) is 0 Å². The van der Waals surface area contributed by atoms with Crippen molar-refractivity contribution < 1.29 is 27.5 Å². The first-order chi connectivity index (χ1) is 12.9. The van der Waals surface area contributed by atoms with E-state index in [0.29, 0.717) is 16.8 Å². The van der Waals surface area contributed by atoms with Gasteiger partial charge in [0.1, 0.15) is 12.3 Å². The van der Waals surface area contributed by atoms with E-state index in [2.05, 4.69) is 20.6 Å². The quantitative estimate of drug-likeness (QED) is 0.693. The molecule has 2 rings (SSSR count). The van der Waals surface area contributed by atoms with Crippen molar-refractivity contribution in [3.63, 3.8) is 0 Å². The van der Waals surface area contributed by atoms with Crippen LogP contribution in [-0.4, -0.2) is 33.9 Å². The number of carbonyl (C=O) groups excluding carboxylic acids is 2. The number of amides is 2. The van der Waals surface area contributed by atoms with E-state index >= 15 is 0 Å². The predicted molar refractivity (Wildman–Crippen MR) is 97.8 cm³/mol. The Morgan fingerprint density at radius 2 is 1.93 bits per heavy atom. The summed E-state index contributed by atoms with van der Waals surface area (Å²) < 4.78 is 43.0. The molecule has 0 radical (unpaired) electrons. The smallest absolute Gasteiger partial charge is 0.417 e. The van der Waals surface area contributed by atoms with Crippen LogP contribution in [0.15, 0.2) is 18.3 Å². The highest BCUT2D eigenvalue weighted by molar-refractivity contribution is 7.16. The second-order valence-corrected chi connectivity index (χ2v) is 7.82. The van der Waals surface area contributed by atoms with Crippen LogP contribution in [0.4, 0.5) is 23.1 Å². The molecule has 0 saturated carbocycles. The third kappa shape index (κ3) is 5.91. The number of thiazole rings is 1. The average molecular weight is 416 g/mol. The molecule has 0 aliphatic heterocycles. The number of hydrogen-bond donors (Lipinski definition) is 2. The number of ketones is 1. The Labute approximate surface area is 163 Å². The molecule has 0 atom stereocenters. The van der Waals surface area contributed by atoms with Crippen molar-refractivity contribution in [2.45, 2.75) is 39.4 Å². The molecular formula is C17H19F3N4O3S. The number of pyridine rings is 1. The molecule has 2 N–H and O–H groups in total. The number of anilines is 1. The predicted octanol–water partition coefficient (Wildman–Crippen LogP) is 4.05. The Balaban J connectivity index is 1.91. The van der Waals surface area contributed by atoms with Crippen molar-refractivity contribution >= 4 is 28.3 Å². The van der Waals surface area contributed by atoms with Crippen LogP contribution >= 0.6 is 11.3 Å². The zero-order chi connectivity index (χ0) is 21.1. The highest BCUT2D eigenvalue weighted by Gasteiger charge is 2.31. The molecule has 0 aromatic carbocycles. The van der Waals surface area contributed by atoms with Gasteiger partial charge >= 0.3 is 12.2 Å². The van der Waals surface area contributed by atoms with Gasteiger partial charge in [0.25, 0.3) is 0 Å². The summed E-state index contributed by atoms with van der Waals surface area (Å²) in [6.45, 7) is 6.43. The van der Waals surface area contributed by atoms with Gasteiger partial charge in [0, 0.05) is 24.1 Å². The van der Waals surface area contributed by atoms with Crippen LogP contribution in [0.5, 0.6) is 5.88 Å². The van der Waals surface area contributed by atoms with Crippen molar-refractivity contribution in [1.82, 2.24) is 15.3 Å². The van der Waals surface area contributed by atoms with Crippen molar-refractivity contribution in [3.05, 3.63) is 34.5 Å². The van der Waals surface area contributed by atoms with Crippen molar-refractivity contribution in [1.29, 1.82) is 0 Å². The van der Waals surface area contributed by atoms with Crippen LogP contribution in [0, 0.1) is 6.92 Å². The second kappa shape index (κ2) is 8.13. The van der Waals surface area contributed by atoms with E-state index in [4.69, 9.17) is 4.74 Å². The van der Waals surface area contributed by atoms with Gasteiger partial charge in [-0.3, -0.25) is 10.1 Å². The maximum Gasteiger partial charge on any atom is 0.417 e. The average Bonchev–Trinajstić information content (AvgIpc) is 2.92. The summed E-state index contributed by atoms with van der Waals surface area (Å²) in [5.41, 5.74) is -1.43. The van der Waals surface area contributed by atoms with E-state index in [9.17, 15) is 22.8 Å². The van der Waals surface area contributed by atoms with Crippen molar-refractivity contribution in [2.75, 3.05) is 11.9 Å². The van der Waals surface area contributed by atoms with Crippen LogP contribution < -0.4 is 15.4 Å². The largest absolute Gasteiger partial charge is 0.475 e. The zero-order valence-corrected chi connectivity index (χ0v) is 16.4. The van der Waals surface area contributed by atoms with Gasteiger partial charge in [0.15, 0.2) is 10.9 Å². The standard InChI is InChI=1S/C17H19F3N4O3S/c1-9(25)13-10(2)28-15(22-13)23-14(26)24-16(3,4)8-27-12-6-5-11(7-21-12)17(18,19)20/h5-7H,8H2,1-4H3,(H2,22,23,24,26). The molecular weight excluding hydrogens is 397 g/mol. The number of carbonyl (C=O) groups is 2. The van der Waals surface area contributed by atoms with Crippen LogP contribution in [0.2, 0.25) is 0 Å². The Kier molecular flexibility index (Phi) is 6.27. The molecule has 7 nitrogen and oxygen atoms in total. The molecule has 2 amide bonds. The number of rotatable bonds is 6. The Bertz CT molecular complexity index is 864. The van der Waals surface area contributed by atoms with E-state index in [1.54, 1.807) is 20.8 Å². The molecule has 0 fully saturated rings. The lowest BCUT2D eigenvalue weighted by molar-refractivity contribution is -0.137. The summed E-state index contributed by atoms with van der Waals surface area (Å²) in [5.74, 6) is -0.190. The molecule has 0 aliphatic rings. The number of halogens is 3. The van der Waals surface area contributed by atoms with Gasteiger partial charge in [-0.05, 0) is 26.8 Å². The Morgan fingerprint density at radius 1 is 1.25 bits per heavy atom. The maximum absolute atomic E-state index is 12.5. The molecule has 152 valence electrons. The summed E-state index contributed by atoms with van der Waals surface area (Å²) in [6, 6.07) is 1.42. The molecule has 2 aromatic heterocycles. The molecule has 11 heteroatoms. The fourth-order valence-electron chi connectivity index (χ4n) is 2.14. The number of urea groups is 1.